The molecule has 0 bridgehead atoms. The predicted octanol–water partition coefficient (Wildman–Crippen LogP) is 3.82. The second kappa shape index (κ2) is 9.02. The first-order valence-electron chi connectivity index (χ1n) is 9.73. The third-order valence-corrected chi connectivity index (χ3v) is 6.12. The van der Waals surface area contributed by atoms with Crippen molar-refractivity contribution in [1.29, 1.82) is 5.26 Å². The van der Waals surface area contributed by atoms with Crippen molar-refractivity contribution in [3.8, 4) is 6.07 Å². The normalized spacial score (nSPS) is 15.9. The maximum absolute atomic E-state index is 13.3. The molecule has 2 aromatic carbocycles. The minimum absolute atomic E-state index is 0.00991. The van der Waals surface area contributed by atoms with Gasteiger partial charge in [0, 0.05) is 30.3 Å². The molecule has 3 aromatic rings. The van der Waals surface area contributed by atoms with Gasteiger partial charge < -0.3 is 10.2 Å². The second-order valence-corrected chi connectivity index (χ2v) is 8.20. The first-order chi connectivity index (χ1) is 15.0. The van der Waals surface area contributed by atoms with Gasteiger partial charge in [-0.3, -0.25) is 9.59 Å². The van der Waals surface area contributed by atoms with E-state index in [0.717, 1.165) is 12.8 Å². The van der Waals surface area contributed by atoms with Gasteiger partial charge in [-0.05, 0) is 55.3 Å². The number of hydrogen-bond donors (Lipinski definition) is 1. The summed E-state index contributed by atoms with van der Waals surface area (Å²) in [4.78, 5) is 27.0. The van der Waals surface area contributed by atoms with Crippen molar-refractivity contribution in [2.24, 2.45) is 0 Å². The van der Waals surface area contributed by atoms with E-state index < -0.39 is 11.7 Å². The lowest BCUT2D eigenvalue weighted by molar-refractivity contribution is 0.0706. The number of halogens is 1. The molecule has 1 aromatic heterocycles. The van der Waals surface area contributed by atoms with Crippen molar-refractivity contribution in [3.05, 3.63) is 75.5 Å². The van der Waals surface area contributed by atoms with E-state index in [0.29, 0.717) is 34.9 Å². The van der Waals surface area contributed by atoms with E-state index in [2.05, 4.69) is 15.5 Å². The first-order valence-corrected chi connectivity index (χ1v) is 10.5. The van der Waals surface area contributed by atoms with Crippen LogP contribution in [-0.4, -0.2) is 40.0 Å². The Morgan fingerprint density at radius 2 is 2.00 bits per heavy atom. The van der Waals surface area contributed by atoms with E-state index >= 15 is 0 Å². The van der Waals surface area contributed by atoms with Crippen LogP contribution >= 0.6 is 11.3 Å². The van der Waals surface area contributed by atoms with Crippen molar-refractivity contribution >= 4 is 28.8 Å². The van der Waals surface area contributed by atoms with Crippen LogP contribution in [0.25, 0.3) is 0 Å². The zero-order chi connectivity index (χ0) is 21.8. The highest BCUT2D eigenvalue weighted by Crippen LogP contribution is 2.30. The number of piperidine rings is 1. The quantitative estimate of drug-likeness (QED) is 0.672. The third-order valence-electron chi connectivity index (χ3n) is 5.04. The Bertz CT molecular complexity index is 1160. The SMILES string of the molecule is N#Cc1ccc(C(=O)N2CCC[C@@H](c3nnc(C(=O)Nc4cccc(F)c4)s3)C2)cc1. The summed E-state index contributed by atoms with van der Waals surface area (Å²) >= 11 is 1.18. The van der Waals surface area contributed by atoms with Gasteiger partial charge in [-0.25, -0.2) is 4.39 Å². The second-order valence-electron chi connectivity index (χ2n) is 7.19. The molecule has 1 atom stereocenters. The zero-order valence-electron chi connectivity index (χ0n) is 16.4. The highest BCUT2D eigenvalue weighted by molar-refractivity contribution is 7.13. The molecule has 2 heterocycles. The van der Waals surface area contributed by atoms with Gasteiger partial charge in [0.15, 0.2) is 0 Å². The van der Waals surface area contributed by atoms with Crippen LogP contribution in [-0.2, 0) is 0 Å². The monoisotopic (exact) mass is 435 g/mol. The van der Waals surface area contributed by atoms with Gasteiger partial charge >= 0.3 is 0 Å². The van der Waals surface area contributed by atoms with E-state index in [4.69, 9.17) is 5.26 Å². The largest absolute Gasteiger partial charge is 0.338 e. The number of likely N-dealkylation sites (tertiary alicyclic amines) is 1. The Morgan fingerprint density at radius 1 is 1.19 bits per heavy atom. The minimum Gasteiger partial charge on any atom is -0.338 e. The molecule has 1 fully saturated rings. The summed E-state index contributed by atoms with van der Waals surface area (Å²) in [5.41, 5.74) is 1.39. The Morgan fingerprint density at radius 3 is 2.74 bits per heavy atom. The predicted molar refractivity (Wildman–Crippen MR) is 113 cm³/mol. The molecule has 1 N–H and O–H groups in total. The molecule has 2 amide bonds. The molecule has 0 saturated carbocycles. The van der Waals surface area contributed by atoms with Crippen LogP contribution < -0.4 is 5.32 Å². The summed E-state index contributed by atoms with van der Waals surface area (Å²) < 4.78 is 13.3. The van der Waals surface area contributed by atoms with Crippen molar-refractivity contribution in [2.75, 3.05) is 18.4 Å². The van der Waals surface area contributed by atoms with Gasteiger partial charge in [0.05, 0.1) is 11.6 Å². The Kier molecular flexibility index (Phi) is 6.00. The molecule has 156 valence electrons. The number of anilines is 1. The number of rotatable bonds is 4. The summed E-state index contributed by atoms with van der Waals surface area (Å²) in [6.07, 6.45) is 1.66. The Balaban J connectivity index is 1.42. The maximum Gasteiger partial charge on any atom is 0.286 e. The van der Waals surface area contributed by atoms with Crippen molar-refractivity contribution in [3.63, 3.8) is 0 Å². The van der Waals surface area contributed by atoms with Gasteiger partial charge in [0.25, 0.3) is 11.8 Å². The fourth-order valence-corrected chi connectivity index (χ4v) is 4.34. The lowest BCUT2D eigenvalue weighted by Gasteiger charge is -2.31. The van der Waals surface area contributed by atoms with Crippen LogP contribution in [0.4, 0.5) is 10.1 Å². The molecule has 1 aliphatic heterocycles. The molecular weight excluding hydrogens is 417 g/mol. The standard InChI is InChI=1S/C22H18FN5O2S/c23-17-4-1-5-18(11-17)25-19(29)21-27-26-20(31-21)16-3-2-10-28(13-16)22(30)15-8-6-14(12-24)7-9-15/h1,4-9,11,16H,2-3,10,13H2,(H,25,29)/t16-/m1/s1. The average Bonchev–Trinajstić information content (AvgIpc) is 3.29. The molecule has 9 heteroatoms. The molecule has 0 unspecified atom stereocenters. The molecule has 0 radical (unpaired) electrons. The van der Waals surface area contributed by atoms with Gasteiger partial charge in [0.1, 0.15) is 10.8 Å². The van der Waals surface area contributed by atoms with E-state index in [1.165, 1.54) is 29.5 Å². The fraction of sp³-hybridized carbons (Fsp3) is 0.227. The van der Waals surface area contributed by atoms with Crippen LogP contribution in [0, 0.1) is 17.1 Å². The van der Waals surface area contributed by atoms with E-state index in [1.807, 2.05) is 6.07 Å². The Hall–Kier alpha value is -3.64. The van der Waals surface area contributed by atoms with Crippen LogP contribution in [0.3, 0.4) is 0 Å². The van der Waals surface area contributed by atoms with Crippen molar-refractivity contribution in [2.45, 2.75) is 18.8 Å². The molecule has 0 spiro atoms. The molecule has 1 aliphatic rings. The molecule has 1 saturated heterocycles. The number of nitrogens with zero attached hydrogens (tertiary/aromatic N) is 4. The molecule has 7 nitrogen and oxygen atoms in total. The number of aromatic nitrogens is 2. The van der Waals surface area contributed by atoms with Crippen LogP contribution in [0.15, 0.2) is 48.5 Å². The average molecular weight is 435 g/mol. The molecular formula is C22H18FN5O2S. The summed E-state index contributed by atoms with van der Waals surface area (Å²) in [5.74, 6) is -0.993. The molecule has 0 aliphatic carbocycles. The fourth-order valence-electron chi connectivity index (χ4n) is 3.48. The summed E-state index contributed by atoms with van der Waals surface area (Å²) in [6, 6.07) is 14.2. The lowest BCUT2D eigenvalue weighted by Crippen LogP contribution is -2.39. The Labute approximate surface area is 182 Å². The number of benzene rings is 2. The number of nitrogens with one attached hydrogen (secondary N) is 1. The number of hydrogen-bond acceptors (Lipinski definition) is 6. The highest BCUT2D eigenvalue weighted by Gasteiger charge is 2.28. The van der Waals surface area contributed by atoms with Gasteiger partial charge in [-0.2, -0.15) is 5.26 Å². The van der Waals surface area contributed by atoms with Crippen LogP contribution in [0.1, 0.15) is 49.5 Å². The summed E-state index contributed by atoms with van der Waals surface area (Å²) in [5, 5.41) is 20.6. The minimum atomic E-state index is -0.448. The van der Waals surface area contributed by atoms with E-state index in [1.54, 1.807) is 35.2 Å². The maximum atomic E-state index is 13.3. The summed E-state index contributed by atoms with van der Waals surface area (Å²) in [6.45, 7) is 1.13. The number of carbonyl (C=O) groups is 2. The first kappa shape index (κ1) is 20.6. The smallest absolute Gasteiger partial charge is 0.286 e. The number of nitriles is 1. The number of amides is 2. The van der Waals surface area contributed by atoms with Crippen LogP contribution in [0.5, 0.6) is 0 Å². The van der Waals surface area contributed by atoms with Crippen molar-refractivity contribution < 1.29 is 14.0 Å². The van der Waals surface area contributed by atoms with Gasteiger partial charge in [0.2, 0.25) is 5.01 Å². The van der Waals surface area contributed by atoms with Gasteiger partial charge in [-0.15, -0.1) is 10.2 Å². The van der Waals surface area contributed by atoms with Crippen molar-refractivity contribution in [1.82, 2.24) is 15.1 Å². The molecule has 4 rings (SSSR count). The summed E-state index contributed by atoms with van der Waals surface area (Å²) in [7, 11) is 0. The number of carbonyl (C=O) groups excluding carboxylic acids is 2. The van der Waals surface area contributed by atoms with E-state index in [-0.39, 0.29) is 16.8 Å². The topological polar surface area (TPSA) is 99.0 Å². The highest BCUT2D eigenvalue weighted by atomic mass is 32.1. The third kappa shape index (κ3) is 4.75. The van der Waals surface area contributed by atoms with Crippen LogP contribution in [0.2, 0.25) is 0 Å². The zero-order valence-corrected chi connectivity index (χ0v) is 17.2. The van der Waals surface area contributed by atoms with Gasteiger partial charge in [-0.1, -0.05) is 17.4 Å². The molecule has 31 heavy (non-hydrogen) atoms. The lowest BCUT2D eigenvalue weighted by atomic mass is 9.98. The van der Waals surface area contributed by atoms with E-state index in [9.17, 15) is 14.0 Å².